The zero-order valence-electron chi connectivity index (χ0n) is 16.6. The standard InChI is InChI=1S/C24H17N3O2S2/c1-26-19-13-12-16(14-20(19)31-24(26)29)15-21-22(28)27(18-10-6-3-7-11-18)23(30-21)25-17-8-4-2-5-9-17/h2-15H,1H3/b21-15-,25-23?. The quantitative estimate of drug-likeness (QED) is 0.398. The molecule has 0 aliphatic carbocycles. The van der Waals surface area contributed by atoms with Crippen molar-refractivity contribution >= 4 is 61.8 Å². The lowest BCUT2D eigenvalue weighted by Gasteiger charge is -2.15. The van der Waals surface area contributed by atoms with E-state index in [-0.39, 0.29) is 10.8 Å². The summed E-state index contributed by atoms with van der Waals surface area (Å²) in [5.74, 6) is -0.118. The van der Waals surface area contributed by atoms with Gasteiger partial charge in [-0.15, -0.1) is 0 Å². The summed E-state index contributed by atoms with van der Waals surface area (Å²) in [5, 5.41) is 0.610. The van der Waals surface area contributed by atoms with E-state index < -0.39 is 0 Å². The summed E-state index contributed by atoms with van der Waals surface area (Å²) in [5.41, 5.74) is 3.32. The molecule has 1 fully saturated rings. The summed E-state index contributed by atoms with van der Waals surface area (Å²) in [6.45, 7) is 0. The number of aryl methyl sites for hydroxylation is 1. The van der Waals surface area contributed by atoms with Crippen LogP contribution in [0, 0.1) is 0 Å². The molecule has 0 saturated carbocycles. The van der Waals surface area contributed by atoms with Crippen LogP contribution in [0.5, 0.6) is 0 Å². The van der Waals surface area contributed by atoms with E-state index in [1.54, 1.807) is 16.5 Å². The van der Waals surface area contributed by atoms with Gasteiger partial charge in [0.25, 0.3) is 5.91 Å². The smallest absolute Gasteiger partial charge is 0.302 e. The molecule has 0 atom stereocenters. The molecule has 4 aromatic rings. The number of aromatic nitrogens is 1. The Morgan fingerprint density at radius 1 is 0.903 bits per heavy atom. The van der Waals surface area contributed by atoms with Gasteiger partial charge in [0.1, 0.15) is 0 Å². The van der Waals surface area contributed by atoms with E-state index in [2.05, 4.69) is 0 Å². The van der Waals surface area contributed by atoms with Crippen LogP contribution in [-0.2, 0) is 11.8 Å². The molecule has 2 heterocycles. The maximum Gasteiger partial charge on any atom is 0.307 e. The molecule has 0 unspecified atom stereocenters. The Morgan fingerprint density at radius 2 is 1.61 bits per heavy atom. The highest BCUT2D eigenvalue weighted by Crippen LogP contribution is 2.37. The number of nitrogens with zero attached hydrogens (tertiary/aromatic N) is 3. The monoisotopic (exact) mass is 443 g/mol. The zero-order valence-corrected chi connectivity index (χ0v) is 18.2. The normalized spacial score (nSPS) is 16.7. The first-order chi connectivity index (χ1) is 15.1. The van der Waals surface area contributed by atoms with Crippen molar-refractivity contribution in [3.05, 3.63) is 99.0 Å². The zero-order chi connectivity index (χ0) is 21.4. The maximum atomic E-state index is 13.3. The van der Waals surface area contributed by atoms with Crippen LogP contribution in [0.4, 0.5) is 11.4 Å². The summed E-state index contributed by atoms with van der Waals surface area (Å²) < 4.78 is 2.53. The van der Waals surface area contributed by atoms with Crippen molar-refractivity contribution in [3.8, 4) is 0 Å². The summed E-state index contributed by atoms with van der Waals surface area (Å²) in [6, 6.07) is 24.9. The molecule has 5 rings (SSSR count). The van der Waals surface area contributed by atoms with Crippen molar-refractivity contribution in [2.45, 2.75) is 0 Å². The Kier molecular flexibility index (Phi) is 5.05. The van der Waals surface area contributed by atoms with E-state index in [9.17, 15) is 9.59 Å². The second-order valence-electron chi connectivity index (χ2n) is 6.97. The van der Waals surface area contributed by atoms with Gasteiger partial charge in [0.2, 0.25) is 0 Å². The minimum atomic E-state index is -0.118. The van der Waals surface area contributed by atoms with Gasteiger partial charge in [-0.3, -0.25) is 14.5 Å². The van der Waals surface area contributed by atoms with Crippen molar-refractivity contribution in [3.63, 3.8) is 0 Å². The Hall–Kier alpha value is -3.42. The lowest BCUT2D eigenvalue weighted by atomic mass is 10.2. The molecule has 0 radical (unpaired) electrons. The summed E-state index contributed by atoms with van der Waals surface area (Å²) in [7, 11) is 1.76. The van der Waals surface area contributed by atoms with Gasteiger partial charge >= 0.3 is 4.87 Å². The Bertz CT molecular complexity index is 1400. The first-order valence-corrected chi connectivity index (χ1v) is 11.3. The van der Waals surface area contributed by atoms with Gasteiger partial charge < -0.3 is 4.57 Å². The van der Waals surface area contributed by atoms with E-state index in [1.165, 1.54) is 23.1 Å². The van der Waals surface area contributed by atoms with Gasteiger partial charge in [-0.1, -0.05) is 53.8 Å². The molecule has 0 bridgehead atoms. The van der Waals surface area contributed by atoms with Crippen LogP contribution in [0.15, 0.2) is 93.6 Å². The highest BCUT2D eigenvalue weighted by atomic mass is 32.2. The van der Waals surface area contributed by atoms with Gasteiger partial charge in [-0.2, -0.15) is 0 Å². The molecular formula is C24H17N3O2S2. The molecule has 5 nitrogen and oxygen atoms in total. The molecule has 1 aliphatic rings. The fourth-order valence-electron chi connectivity index (χ4n) is 3.36. The van der Waals surface area contributed by atoms with Crippen LogP contribution in [0.2, 0.25) is 0 Å². The minimum Gasteiger partial charge on any atom is -0.302 e. The van der Waals surface area contributed by atoms with Crippen LogP contribution in [0.1, 0.15) is 5.56 Å². The number of carbonyl (C=O) groups is 1. The molecule has 1 amide bonds. The van der Waals surface area contributed by atoms with Crippen LogP contribution in [-0.4, -0.2) is 15.6 Å². The van der Waals surface area contributed by atoms with Gasteiger partial charge in [-0.25, -0.2) is 4.99 Å². The SMILES string of the molecule is Cn1c(=O)sc2cc(/C=C3\SC(=Nc4ccccc4)N(c4ccccc4)C3=O)ccc21. The molecule has 152 valence electrons. The number of thioether (sulfide) groups is 1. The van der Waals surface area contributed by atoms with Crippen LogP contribution in [0.25, 0.3) is 16.3 Å². The van der Waals surface area contributed by atoms with Gasteiger partial charge in [0, 0.05) is 7.05 Å². The van der Waals surface area contributed by atoms with Crippen molar-refractivity contribution in [2.24, 2.45) is 12.0 Å². The minimum absolute atomic E-state index is 0.00125. The summed E-state index contributed by atoms with van der Waals surface area (Å²) in [6.07, 6.45) is 1.86. The maximum absolute atomic E-state index is 13.3. The number of anilines is 1. The molecule has 7 heteroatoms. The number of hydrogen-bond donors (Lipinski definition) is 0. The predicted octanol–water partition coefficient (Wildman–Crippen LogP) is 5.41. The lowest BCUT2D eigenvalue weighted by molar-refractivity contribution is -0.113. The van der Waals surface area contributed by atoms with Crippen molar-refractivity contribution in [1.82, 2.24) is 4.57 Å². The number of aliphatic imine (C=N–C) groups is 1. The molecule has 31 heavy (non-hydrogen) atoms. The number of benzene rings is 3. The fraction of sp³-hybridized carbons (Fsp3) is 0.0417. The molecule has 0 spiro atoms. The number of hydrogen-bond acceptors (Lipinski definition) is 5. The topological polar surface area (TPSA) is 54.7 Å². The number of thiazole rings is 1. The lowest BCUT2D eigenvalue weighted by Crippen LogP contribution is -2.28. The molecule has 3 aromatic carbocycles. The van der Waals surface area contributed by atoms with Crippen molar-refractivity contribution < 1.29 is 4.79 Å². The Balaban J connectivity index is 1.58. The number of carbonyl (C=O) groups excluding carboxylic acids is 1. The van der Waals surface area contributed by atoms with Crippen LogP contribution in [0.3, 0.4) is 0 Å². The second kappa shape index (κ2) is 8.02. The number of amidine groups is 1. The molecule has 1 aliphatic heterocycles. The van der Waals surface area contributed by atoms with E-state index in [0.717, 1.165) is 27.2 Å². The third-order valence-electron chi connectivity index (χ3n) is 4.92. The third kappa shape index (κ3) is 3.73. The first kappa shape index (κ1) is 19.5. The number of para-hydroxylation sites is 2. The summed E-state index contributed by atoms with van der Waals surface area (Å²) in [4.78, 5) is 32.2. The Morgan fingerprint density at radius 3 is 2.35 bits per heavy atom. The third-order valence-corrected chi connectivity index (χ3v) is 6.88. The molecule has 0 N–H and O–H groups in total. The average molecular weight is 444 g/mol. The highest BCUT2D eigenvalue weighted by molar-refractivity contribution is 8.19. The van der Waals surface area contributed by atoms with Gasteiger partial charge in [-0.05, 0) is 59.8 Å². The van der Waals surface area contributed by atoms with E-state index in [0.29, 0.717) is 10.1 Å². The second-order valence-corrected chi connectivity index (χ2v) is 8.97. The molecular weight excluding hydrogens is 426 g/mol. The van der Waals surface area contributed by atoms with Gasteiger partial charge in [0.15, 0.2) is 5.17 Å². The average Bonchev–Trinajstić information content (AvgIpc) is 3.24. The number of rotatable bonds is 3. The number of fused-ring (bicyclic) bond motifs is 1. The van der Waals surface area contributed by atoms with E-state index in [1.807, 2.05) is 84.9 Å². The van der Waals surface area contributed by atoms with Crippen LogP contribution < -0.4 is 9.77 Å². The van der Waals surface area contributed by atoms with Gasteiger partial charge in [0.05, 0.1) is 26.5 Å². The van der Waals surface area contributed by atoms with E-state index in [4.69, 9.17) is 4.99 Å². The number of amides is 1. The van der Waals surface area contributed by atoms with E-state index >= 15 is 0 Å². The molecule has 1 aromatic heterocycles. The highest BCUT2D eigenvalue weighted by Gasteiger charge is 2.34. The summed E-state index contributed by atoms with van der Waals surface area (Å²) >= 11 is 2.55. The van der Waals surface area contributed by atoms with Crippen molar-refractivity contribution in [1.29, 1.82) is 0 Å². The van der Waals surface area contributed by atoms with Crippen LogP contribution >= 0.6 is 23.1 Å². The van der Waals surface area contributed by atoms with Crippen molar-refractivity contribution in [2.75, 3.05) is 4.90 Å². The first-order valence-electron chi connectivity index (χ1n) is 9.62. The largest absolute Gasteiger partial charge is 0.307 e. The molecule has 1 saturated heterocycles. The predicted molar refractivity (Wildman–Crippen MR) is 130 cm³/mol. The Labute approximate surface area is 187 Å². The fourth-order valence-corrected chi connectivity index (χ4v) is 5.29.